The van der Waals surface area contributed by atoms with Crippen LogP contribution in [-0.4, -0.2) is 23.0 Å². The molecule has 0 radical (unpaired) electrons. The van der Waals surface area contributed by atoms with Crippen molar-refractivity contribution in [2.45, 2.75) is 25.7 Å². The van der Waals surface area contributed by atoms with Crippen LogP contribution in [0.2, 0.25) is 0 Å². The predicted octanol–water partition coefficient (Wildman–Crippen LogP) is 1.85. The van der Waals surface area contributed by atoms with Gasteiger partial charge in [-0.25, -0.2) is 13.8 Å². The summed E-state index contributed by atoms with van der Waals surface area (Å²) in [5.74, 6) is -0.898. The third-order valence-electron chi connectivity index (χ3n) is 4.65. The number of carbonyl (C=O) groups is 1. The van der Waals surface area contributed by atoms with Gasteiger partial charge in [-0.15, -0.1) is 0 Å². The SMILES string of the molecule is COC1=c2nc(NC(=O)C3CC3)cnc2=C(c2cccc(F)c2F)CC1. The van der Waals surface area contributed by atoms with E-state index in [0.717, 1.165) is 18.9 Å². The van der Waals surface area contributed by atoms with Gasteiger partial charge in [0.05, 0.1) is 18.7 Å². The fraction of sp³-hybridized carbons (Fsp3) is 0.316. The fourth-order valence-electron chi connectivity index (χ4n) is 3.11. The molecule has 2 aromatic rings. The predicted molar refractivity (Wildman–Crippen MR) is 91.2 cm³/mol. The average Bonchev–Trinajstić information content (AvgIpc) is 3.48. The van der Waals surface area contributed by atoms with Crippen LogP contribution in [0.4, 0.5) is 14.6 Å². The molecule has 2 aliphatic rings. The Labute approximate surface area is 148 Å². The highest BCUT2D eigenvalue weighted by molar-refractivity contribution is 5.93. The fourth-order valence-corrected chi connectivity index (χ4v) is 3.11. The molecular weight excluding hydrogens is 340 g/mol. The zero-order valence-corrected chi connectivity index (χ0v) is 14.2. The second-order valence-electron chi connectivity index (χ2n) is 6.42. The number of anilines is 1. The van der Waals surface area contributed by atoms with Gasteiger partial charge >= 0.3 is 0 Å². The molecule has 7 heteroatoms. The number of methoxy groups -OCH3 is 1. The Bertz CT molecular complexity index is 1020. The molecule has 26 heavy (non-hydrogen) atoms. The molecule has 0 unspecified atom stereocenters. The van der Waals surface area contributed by atoms with Crippen molar-refractivity contribution in [1.82, 2.24) is 9.97 Å². The Kier molecular flexibility index (Phi) is 4.14. The lowest BCUT2D eigenvalue weighted by Crippen LogP contribution is -2.39. The molecule has 0 bridgehead atoms. The molecule has 1 aromatic carbocycles. The zero-order valence-electron chi connectivity index (χ0n) is 14.2. The summed E-state index contributed by atoms with van der Waals surface area (Å²) < 4.78 is 33.3. The topological polar surface area (TPSA) is 64.1 Å². The van der Waals surface area contributed by atoms with Gasteiger partial charge in [0.2, 0.25) is 5.91 Å². The van der Waals surface area contributed by atoms with Gasteiger partial charge in [0.1, 0.15) is 11.1 Å². The molecule has 0 spiro atoms. The molecule has 0 atom stereocenters. The number of carbonyl (C=O) groups excluding carboxylic acids is 1. The molecule has 1 heterocycles. The normalized spacial score (nSPS) is 16.3. The number of aromatic nitrogens is 2. The van der Waals surface area contributed by atoms with Crippen LogP contribution in [0.1, 0.15) is 31.2 Å². The van der Waals surface area contributed by atoms with Crippen LogP contribution in [0.5, 0.6) is 0 Å². The molecule has 1 amide bonds. The number of hydrogen-bond acceptors (Lipinski definition) is 4. The van der Waals surface area contributed by atoms with Gasteiger partial charge in [0, 0.05) is 17.9 Å². The number of fused-ring (bicyclic) bond motifs is 1. The zero-order chi connectivity index (χ0) is 18.3. The van der Waals surface area contributed by atoms with Crippen molar-refractivity contribution in [2.75, 3.05) is 12.4 Å². The number of ether oxygens (including phenoxy) is 1. The van der Waals surface area contributed by atoms with Gasteiger partial charge in [-0.05, 0) is 30.9 Å². The van der Waals surface area contributed by atoms with E-state index in [2.05, 4.69) is 15.3 Å². The Morgan fingerprint density at radius 1 is 1.23 bits per heavy atom. The third-order valence-corrected chi connectivity index (χ3v) is 4.65. The summed E-state index contributed by atoms with van der Waals surface area (Å²) in [5, 5.41) is 3.65. The molecule has 1 saturated carbocycles. The molecule has 1 fully saturated rings. The highest BCUT2D eigenvalue weighted by Crippen LogP contribution is 2.30. The number of hydrogen-bond donors (Lipinski definition) is 1. The smallest absolute Gasteiger partial charge is 0.228 e. The Hall–Kier alpha value is -2.83. The van der Waals surface area contributed by atoms with Crippen LogP contribution in [-0.2, 0) is 9.53 Å². The molecule has 2 aliphatic carbocycles. The van der Waals surface area contributed by atoms with Gasteiger partial charge in [-0.1, -0.05) is 12.1 Å². The van der Waals surface area contributed by atoms with E-state index in [1.165, 1.54) is 25.4 Å². The monoisotopic (exact) mass is 357 g/mol. The van der Waals surface area contributed by atoms with Crippen LogP contribution in [0.3, 0.4) is 0 Å². The summed E-state index contributed by atoms with van der Waals surface area (Å²) >= 11 is 0. The molecule has 1 N–H and O–H groups in total. The second kappa shape index (κ2) is 6.48. The Morgan fingerprint density at radius 3 is 2.77 bits per heavy atom. The lowest BCUT2D eigenvalue weighted by Gasteiger charge is -2.16. The molecule has 134 valence electrons. The van der Waals surface area contributed by atoms with Crippen LogP contribution in [0.25, 0.3) is 11.3 Å². The first-order valence-electron chi connectivity index (χ1n) is 8.47. The summed E-state index contributed by atoms with van der Waals surface area (Å²) in [6.07, 6.45) is 4.16. The number of benzene rings is 1. The lowest BCUT2D eigenvalue weighted by molar-refractivity contribution is -0.117. The van der Waals surface area contributed by atoms with Crippen LogP contribution in [0.15, 0.2) is 24.4 Å². The van der Waals surface area contributed by atoms with Gasteiger partial charge < -0.3 is 10.1 Å². The average molecular weight is 357 g/mol. The maximum absolute atomic E-state index is 14.3. The van der Waals surface area contributed by atoms with Gasteiger partial charge in [-0.3, -0.25) is 9.78 Å². The van der Waals surface area contributed by atoms with Crippen molar-refractivity contribution >= 4 is 23.1 Å². The van der Waals surface area contributed by atoms with Crippen molar-refractivity contribution in [3.63, 3.8) is 0 Å². The molecule has 0 saturated heterocycles. The first-order valence-corrected chi connectivity index (χ1v) is 8.47. The van der Waals surface area contributed by atoms with Crippen LogP contribution >= 0.6 is 0 Å². The lowest BCUT2D eigenvalue weighted by atomic mass is 9.96. The third kappa shape index (κ3) is 2.94. The number of nitrogens with zero attached hydrogens (tertiary/aromatic N) is 2. The van der Waals surface area contributed by atoms with E-state index in [0.29, 0.717) is 40.7 Å². The van der Waals surface area contributed by atoms with Crippen molar-refractivity contribution < 1.29 is 18.3 Å². The Morgan fingerprint density at radius 2 is 2.04 bits per heavy atom. The van der Waals surface area contributed by atoms with Gasteiger partial charge in [0.15, 0.2) is 17.5 Å². The minimum absolute atomic E-state index is 0.0437. The number of nitrogens with one attached hydrogen (secondary N) is 1. The number of halogens is 2. The summed E-state index contributed by atoms with van der Waals surface area (Å²) in [4.78, 5) is 20.8. The quantitative estimate of drug-likeness (QED) is 0.907. The van der Waals surface area contributed by atoms with E-state index in [1.807, 2.05) is 0 Å². The standard InChI is InChI=1S/C19H17F2N3O2/c1-26-14-8-7-12(11-3-2-4-13(20)16(11)21)17-18(14)23-15(9-22-17)24-19(25)10-5-6-10/h2-4,9-10H,5-8H2,1H3,(H,23,24,25). The molecular formula is C19H17F2N3O2. The van der Waals surface area contributed by atoms with Gasteiger partial charge in [0.25, 0.3) is 0 Å². The maximum atomic E-state index is 14.3. The van der Waals surface area contributed by atoms with Crippen LogP contribution in [0, 0.1) is 17.6 Å². The first kappa shape index (κ1) is 16.6. The minimum Gasteiger partial charge on any atom is -0.499 e. The number of rotatable bonds is 4. The van der Waals surface area contributed by atoms with Crippen molar-refractivity contribution in [3.8, 4) is 0 Å². The van der Waals surface area contributed by atoms with Crippen molar-refractivity contribution in [3.05, 3.63) is 52.3 Å². The van der Waals surface area contributed by atoms with E-state index in [9.17, 15) is 13.6 Å². The van der Waals surface area contributed by atoms with Gasteiger partial charge in [-0.2, -0.15) is 0 Å². The Balaban J connectivity index is 1.87. The highest BCUT2D eigenvalue weighted by atomic mass is 19.2. The highest BCUT2D eigenvalue weighted by Gasteiger charge is 2.30. The van der Waals surface area contributed by atoms with Crippen molar-refractivity contribution in [1.29, 1.82) is 0 Å². The molecule has 0 aliphatic heterocycles. The van der Waals surface area contributed by atoms with E-state index in [1.54, 1.807) is 0 Å². The summed E-state index contributed by atoms with van der Waals surface area (Å²) in [7, 11) is 1.53. The molecule has 5 nitrogen and oxygen atoms in total. The van der Waals surface area contributed by atoms with E-state index in [-0.39, 0.29) is 17.4 Å². The minimum atomic E-state index is -0.903. The van der Waals surface area contributed by atoms with Crippen LogP contribution < -0.4 is 16.0 Å². The second-order valence-corrected chi connectivity index (χ2v) is 6.42. The number of amides is 1. The summed E-state index contributed by atoms with van der Waals surface area (Å²) in [6.45, 7) is 0. The summed E-state index contributed by atoms with van der Waals surface area (Å²) in [5.41, 5.74) is 0.746. The first-order chi connectivity index (χ1) is 12.6. The van der Waals surface area contributed by atoms with Crippen molar-refractivity contribution in [2.24, 2.45) is 5.92 Å². The largest absolute Gasteiger partial charge is 0.499 e. The maximum Gasteiger partial charge on any atom is 0.228 e. The molecule has 1 aromatic heterocycles. The summed E-state index contributed by atoms with van der Waals surface area (Å²) in [6, 6.07) is 4.07. The van der Waals surface area contributed by atoms with E-state index in [4.69, 9.17) is 4.74 Å². The van der Waals surface area contributed by atoms with E-state index < -0.39 is 11.6 Å². The van der Waals surface area contributed by atoms with E-state index >= 15 is 0 Å². The molecule has 4 rings (SSSR count).